The third kappa shape index (κ3) is 5.37. The Labute approximate surface area is 220 Å². The molecular weight excluding hydrogens is 470 g/mol. The lowest BCUT2D eigenvalue weighted by atomic mass is 9.85. The average molecular weight is 508 g/mol. The highest BCUT2D eigenvalue weighted by molar-refractivity contribution is 6.31. The van der Waals surface area contributed by atoms with Crippen molar-refractivity contribution in [3.8, 4) is 16.9 Å². The summed E-state index contributed by atoms with van der Waals surface area (Å²) in [5, 5.41) is 5.41. The molecule has 1 heterocycles. The zero-order chi connectivity index (χ0) is 26.2. The van der Waals surface area contributed by atoms with Crippen molar-refractivity contribution in [2.24, 2.45) is 5.41 Å². The van der Waals surface area contributed by atoms with Gasteiger partial charge < -0.3 is 15.0 Å². The zero-order valence-electron chi connectivity index (χ0n) is 22.5. The van der Waals surface area contributed by atoms with E-state index in [1.54, 1.807) is 13.3 Å². The van der Waals surface area contributed by atoms with E-state index in [-0.39, 0.29) is 5.78 Å². The maximum Gasteiger partial charge on any atom is 0.171 e. The number of pyridine rings is 1. The van der Waals surface area contributed by atoms with Crippen molar-refractivity contribution in [3.63, 3.8) is 0 Å². The molecule has 0 saturated heterocycles. The third-order valence-electron chi connectivity index (χ3n) is 7.42. The van der Waals surface area contributed by atoms with E-state index in [9.17, 15) is 4.79 Å². The number of benzene rings is 2. The molecule has 1 saturated carbocycles. The molecule has 1 fully saturated rings. The minimum absolute atomic E-state index is 0.0897. The number of ketones is 1. The van der Waals surface area contributed by atoms with Crippen molar-refractivity contribution in [1.29, 1.82) is 0 Å². The number of Topliss-reactive ketones (excluding diaryl/α,β-unsaturated/α-hetero) is 1. The summed E-state index contributed by atoms with van der Waals surface area (Å²) >= 11 is 6.52. The first-order valence-corrected chi connectivity index (χ1v) is 13.1. The van der Waals surface area contributed by atoms with E-state index in [1.165, 1.54) is 0 Å². The van der Waals surface area contributed by atoms with Gasteiger partial charge >= 0.3 is 0 Å². The Hall–Kier alpha value is -2.63. The van der Waals surface area contributed by atoms with Crippen LogP contribution >= 0.6 is 11.6 Å². The number of carbonyl (C=O) groups excluding carboxylic acids is 1. The molecule has 0 unspecified atom stereocenters. The van der Waals surface area contributed by atoms with Crippen LogP contribution in [0.15, 0.2) is 36.5 Å². The number of nitrogens with one attached hydrogen (secondary N) is 1. The van der Waals surface area contributed by atoms with Crippen LogP contribution in [0.2, 0.25) is 5.02 Å². The largest absolute Gasteiger partial charge is 0.496 e. The number of halogens is 1. The van der Waals surface area contributed by atoms with Gasteiger partial charge in [-0.2, -0.15) is 0 Å². The summed E-state index contributed by atoms with van der Waals surface area (Å²) in [6, 6.07) is 11.1. The highest BCUT2D eigenvalue weighted by Gasteiger charge is 2.29. The highest BCUT2D eigenvalue weighted by atomic mass is 35.5. The third-order valence-corrected chi connectivity index (χ3v) is 7.81. The molecule has 0 atom stereocenters. The first kappa shape index (κ1) is 26.4. The van der Waals surface area contributed by atoms with Crippen molar-refractivity contribution < 1.29 is 9.53 Å². The Bertz CT molecular complexity index is 1270. The van der Waals surface area contributed by atoms with E-state index >= 15 is 0 Å². The average Bonchev–Trinajstić information content (AvgIpc) is 2.85. The molecule has 4 rings (SSSR count). The number of hydrogen-bond donors (Lipinski definition) is 1. The van der Waals surface area contributed by atoms with Crippen molar-refractivity contribution >= 4 is 34.0 Å². The summed E-state index contributed by atoms with van der Waals surface area (Å²) in [6.07, 6.45) is 6.17. The Kier molecular flexibility index (Phi) is 7.63. The van der Waals surface area contributed by atoms with Gasteiger partial charge in [0, 0.05) is 39.7 Å². The number of ether oxygens (including phenoxy) is 1. The van der Waals surface area contributed by atoms with Crippen LogP contribution in [0.25, 0.3) is 22.0 Å². The lowest BCUT2D eigenvalue weighted by Gasteiger charge is -2.34. The van der Waals surface area contributed by atoms with Crippen molar-refractivity contribution in [2.75, 3.05) is 26.5 Å². The second kappa shape index (κ2) is 10.4. The number of aromatic nitrogens is 1. The van der Waals surface area contributed by atoms with Crippen molar-refractivity contribution in [2.45, 2.75) is 65.5 Å². The number of nitrogens with zero attached hydrogens (tertiary/aromatic N) is 2. The predicted octanol–water partition coefficient (Wildman–Crippen LogP) is 7.39. The van der Waals surface area contributed by atoms with Gasteiger partial charge in [0.15, 0.2) is 5.78 Å². The molecule has 192 valence electrons. The number of carbonyl (C=O) groups is 1. The minimum atomic E-state index is -0.510. The molecule has 1 aliphatic carbocycles. The second-order valence-electron chi connectivity index (χ2n) is 11.3. The summed E-state index contributed by atoms with van der Waals surface area (Å²) in [6.45, 7) is 7.83. The molecule has 1 aromatic heterocycles. The lowest BCUT2D eigenvalue weighted by molar-refractivity contribution is 0.0859. The van der Waals surface area contributed by atoms with Crippen LogP contribution in [-0.4, -0.2) is 49.0 Å². The normalized spacial score (nSPS) is 18.5. The van der Waals surface area contributed by atoms with Gasteiger partial charge in [-0.05, 0) is 82.1 Å². The van der Waals surface area contributed by atoms with Crippen LogP contribution in [-0.2, 0) is 0 Å². The fraction of sp³-hybridized carbons (Fsp3) is 0.467. The molecule has 36 heavy (non-hydrogen) atoms. The molecule has 1 N–H and O–H groups in total. The number of rotatable bonds is 6. The molecule has 6 heteroatoms. The smallest absolute Gasteiger partial charge is 0.171 e. The molecule has 0 spiro atoms. The maximum atomic E-state index is 13.5. The molecular formula is C30H38ClN3O2. The van der Waals surface area contributed by atoms with Gasteiger partial charge in [-0.25, -0.2) is 0 Å². The van der Waals surface area contributed by atoms with Crippen LogP contribution in [0.4, 0.5) is 5.69 Å². The van der Waals surface area contributed by atoms with E-state index in [4.69, 9.17) is 16.3 Å². The summed E-state index contributed by atoms with van der Waals surface area (Å²) in [5.74, 6) is 0.843. The van der Waals surface area contributed by atoms with E-state index < -0.39 is 5.41 Å². The molecule has 3 aromatic rings. The maximum absolute atomic E-state index is 13.5. The minimum Gasteiger partial charge on any atom is -0.496 e. The van der Waals surface area contributed by atoms with E-state index in [0.29, 0.717) is 22.7 Å². The van der Waals surface area contributed by atoms with E-state index in [0.717, 1.165) is 64.7 Å². The van der Waals surface area contributed by atoms with Crippen LogP contribution in [0.5, 0.6) is 5.75 Å². The topological polar surface area (TPSA) is 54.5 Å². The molecule has 0 bridgehead atoms. The summed E-state index contributed by atoms with van der Waals surface area (Å²) in [7, 11) is 5.97. The zero-order valence-corrected chi connectivity index (χ0v) is 23.3. The summed E-state index contributed by atoms with van der Waals surface area (Å²) < 4.78 is 5.56. The van der Waals surface area contributed by atoms with Crippen LogP contribution in [0, 0.1) is 12.3 Å². The summed E-state index contributed by atoms with van der Waals surface area (Å²) in [5.41, 5.74) is 4.78. The number of anilines is 1. The molecule has 0 amide bonds. The van der Waals surface area contributed by atoms with Gasteiger partial charge in [-0.1, -0.05) is 38.4 Å². The van der Waals surface area contributed by atoms with Crippen LogP contribution < -0.4 is 10.1 Å². The van der Waals surface area contributed by atoms with Gasteiger partial charge in [0.2, 0.25) is 0 Å². The van der Waals surface area contributed by atoms with Crippen molar-refractivity contribution in [1.82, 2.24) is 9.88 Å². The Morgan fingerprint density at radius 1 is 1.08 bits per heavy atom. The molecule has 0 aliphatic heterocycles. The number of methoxy groups -OCH3 is 1. The fourth-order valence-electron chi connectivity index (χ4n) is 5.08. The first-order chi connectivity index (χ1) is 17.0. The molecule has 0 radical (unpaired) electrons. The Morgan fingerprint density at radius 2 is 1.78 bits per heavy atom. The number of fused-ring (bicyclic) bond motifs is 1. The standard InChI is InChI=1S/C30H38ClN3O2/c1-18-25(31)15-20(16-27(18)36-7)19-8-13-26-23(14-19)28(24(17-32-26)29(35)30(2,3)4)33-21-9-11-22(12-10-21)34(5)6/h8,13-17,21-22H,9-12H2,1-7H3,(H,32,33)/t21-,22-. The Morgan fingerprint density at radius 3 is 2.39 bits per heavy atom. The summed E-state index contributed by atoms with van der Waals surface area (Å²) in [4.78, 5) is 20.5. The number of hydrogen-bond acceptors (Lipinski definition) is 5. The SMILES string of the molecule is COc1cc(-c2ccc3ncc(C(=O)C(C)(C)C)c(N[C@H]4CC[C@H](N(C)C)CC4)c3c2)cc(Cl)c1C. The highest BCUT2D eigenvalue weighted by Crippen LogP contribution is 2.38. The van der Waals surface area contributed by atoms with E-state index in [2.05, 4.69) is 35.4 Å². The first-order valence-electron chi connectivity index (χ1n) is 12.7. The van der Waals surface area contributed by atoms with E-state index in [1.807, 2.05) is 52.0 Å². The molecule has 2 aromatic carbocycles. The van der Waals surface area contributed by atoms with Gasteiger partial charge in [-0.15, -0.1) is 0 Å². The predicted molar refractivity (Wildman–Crippen MR) is 151 cm³/mol. The van der Waals surface area contributed by atoms with Gasteiger partial charge in [0.25, 0.3) is 0 Å². The molecule has 5 nitrogen and oxygen atoms in total. The Balaban J connectivity index is 1.82. The van der Waals surface area contributed by atoms with Gasteiger partial charge in [-0.3, -0.25) is 9.78 Å². The van der Waals surface area contributed by atoms with Gasteiger partial charge in [0.05, 0.1) is 23.9 Å². The van der Waals surface area contributed by atoms with Crippen molar-refractivity contribution in [3.05, 3.63) is 52.7 Å². The quantitative estimate of drug-likeness (QED) is 0.352. The monoisotopic (exact) mass is 507 g/mol. The fourth-order valence-corrected chi connectivity index (χ4v) is 5.29. The second-order valence-corrected chi connectivity index (χ2v) is 11.7. The lowest BCUT2D eigenvalue weighted by Crippen LogP contribution is -2.36. The van der Waals surface area contributed by atoms with Gasteiger partial charge in [0.1, 0.15) is 5.75 Å². The molecule has 1 aliphatic rings. The van der Waals surface area contributed by atoms with Crippen LogP contribution in [0.3, 0.4) is 0 Å². The van der Waals surface area contributed by atoms with Crippen LogP contribution in [0.1, 0.15) is 62.4 Å².